The number of thiocarbonyl (C=S) groups is 1. The highest BCUT2D eigenvalue weighted by Crippen LogP contribution is 1.36. The average Bonchev–Trinajstić information content (AvgIpc) is 1.38. The second-order valence-corrected chi connectivity index (χ2v) is 0.854. The maximum absolute atomic E-state index is 4.83. The van der Waals surface area contributed by atoms with Gasteiger partial charge in [0.25, 0.3) is 5.84 Å². The minimum atomic E-state index is 0.194. The summed E-state index contributed by atoms with van der Waals surface area (Å²) in [5.74, 6) is 0.194. The number of amidine groups is 1. The SMILES string of the molecule is NC(=[NH2+])C=S. The zero-order valence-electron chi connectivity index (χ0n) is 2.64. The molecule has 0 aromatic rings. The molecule has 0 bridgehead atoms. The molecule has 0 rings (SSSR count). The maximum atomic E-state index is 4.83. The van der Waals surface area contributed by atoms with E-state index in [2.05, 4.69) is 12.2 Å². The van der Waals surface area contributed by atoms with E-state index in [-0.39, 0.29) is 5.84 Å². The lowest BCUT2D eigenvalue weighted by atomic mass is 10.7. The highest BCUT2D eigenvalue weighted by atomic mass is 32.1. The Labute approximate surface area is 35.5 Å². The van der Waals surface area contributed by atoms with Crippen molar-refractivity contribution in [3.8, 4) is 0 Å². The van der Waals surface area contributed by atoms with Crippen LogP contribution in [0.1, 0.15) is 0 Å². The Bertz CT molecular complexity index is 58.7. The van der Waals surface area contributed by atoms with Crippen molar-refractivity contribution < 1.29 is 5.41 Å². The fourth-order valence-corrected chi connectivity index (χ4v) is 0. The highest BCUT2D eigenvalue weighted by molar-refractivity contribution is 7.80. The van der Waals surface area contributed by atoms with Gasteiger partial charge in [0.2, 0.25) is 0 Å². The zero-order valence-corrected chi connectivity index (χ0v) is 3.46. The van der Waals surface area contributed by atoms with Crippen molar-refractivity contribution in [3.63, 3.8) is 0 Å². The van der Waals surface area contributed by atoms with Gasteiger partial charge in [-0.2, -0.15) is 0 Å². The average molecular weight is 89.1 g/mol. The first-order valence-electron chi connectivity index (χ1n) is 1.10. The monoisotopic (exact) mass is 89.0 g/mol. The van der Waals surface area contributed by atoms with Crippen LogP contribution in [-0.4, -0.2) is 11.2 Å². The first kappa shape index (κ1) is 4.56. The Morgan fingerprint density at radius 1 is 2.00 bits per heavy atom. The molecule has 0 aliphatic heterocycles. The van der Waals surface area contributed by atoms with Gasteiger partial charge in [0.1, 0.15) is 0 Å². The predicted octanol–water partition coefficient (Wildman–Crippen LogP) is -1.90. The van der Waals surface area contributed by atoms with Gasteiger partial charge in [-0.15, -0.1) is 0 Å². The maximum Gasteiger partial charge on any atom is 0.274 e. The number of nitrogens with two attached hydrogens (primary N) is 2. The molecular formula is C2H5N2S+. The van der Waals surface area contributed by atoms with Gasteiger partial charge < -0.3 is 0 Å². The third-order valence-electron chi connectivity index (χ3n) is 0.136. The summed E-state index contributed by atoms with van der Waals surface area (Å²) in [5, 5.41) is 6.05. The van der Waals surface area contributed by atoms with Crippen LogP contribution in [0.2, 0.25) is 0 Å². The predicted molar refractivity (Wildman–Crippen MR) is 24.8 cm³/mol. The van der Waals surface area contributed by atoms with Crippen LogP contribution in [-0.2, 0) is 0 Å². The molecule has 0 aromatic carbocycles. The van der Waals surface area contributed by atoms with Crippen molar-refractivity contribution >= 4 is 23.4 Å². The molecular weight excluding hydrogens is 84.1 g/mol. The van der Waals surface area contributed by atoms with E-state index in [1.165, 1.54) is 5.37 Å². The molecule has 0 aliphatic carbocycles. The van der Waals surface area contributed by atoms with Crippen LogP contribution < -0.4 is 11.1 Å². The molecule has 0 aromatic heterocycles. The molecule has 4 N–H and O–H groups in total. The molecule has 0 saturated carbocycles. The van der Waals surface area contributed by atoms with Crippen molar-refractivity contribution in [2.24, 2.45) is 5.73 Å². The smallest absolute Gasteiger partial charge is 0.274 e. The summed E-state index contributed by atoms with van der Waals surface area (Å²) in [7, 11) is 0. The van der Waals surface area contributed by atoms with Crippen LogP contribution >= 0.6 is 12.2 Å². The summed E-state index contributed by atoms with van der Waals surface area (Å²) in [5.41, 5.74) is 4.83. The summed E-state index contributed by atoms with van der Waals surface area (Å²) in [6.07, 6.45) is 0. The van der Waals surface area contributed by atoms with Crippen molar-refractivity contribution in [3.05, 3.63) is 0 Å². The van der Waals surface area contributed by atoms with Crippen LogP contribution in [0, 0.1) is 0 Å². The molecule has 5 heavy (non-hydrogen) atoms. The highest BCUT2D eigenvalue weighted by Gasteiger charge is 1.74. The first-order valence-corrected chi connectivity index (χ1v) is 1.57. The van der Waals surface area contributed by atoms with Gasteiger partial charge in [0, 0.05) is 0 Å². The van der Waals surface area contributed by atoms with E-state index < -0.39 is 0 Å². The van der Waals surface area contributed by atoms with Crippen LogP contribution in [0.4, 0.5) is 0 Å². The molecule has 0 heterocycles. The van der Waals surface area contributed by atoms with E-state index in [4.69, 9.17) is 11.1 Å². The Balaban J connectivity index is 3.20. The topological polar surface area (TPSA) is 51.6 Å². The van der Waals surface area contributed by atoms with E-state index >= 15 is 0 Å². The van der Waals surface area contributed by atoms with Gasteiger partial charge >= 0.3 is 0 Å². The quantitative estimate of drug-likeness (QED) is 0.224. The lowest BCUT2D eigenvalue weighted by Gasteiger charge is -1.60. The second kappa shape index (κ2) is 1.84. The van der Waals surface area contributed by atoms with Crippen LogP contribution in [0.25, 0.3) is 0 Å². The molecule has 0 atom stereocenters. The fourth-order valence-electron chi connectivity index (χ4n) is 0. The molecule has 0 unspecified atom stereocenters. The minimum Gasteiger partial charge on any atom is -0.287 e. The van der Waals surface area contributed by atoms with Crippen LogP contribution in [0.15, 0.2) is 0 Å². The van der Waals surface area contributed by atoms with Crippen molar-refractivity contribution in [2.75, 3.05) is 0 Å². The summed E-state index contributed by atoms with van der Waals surface area (Å²) < 4.78 is 0. The third-order valence-corrected chi connectivity index (χ3v) is 0.408. The summed E-state index contributed by atoms with van der Waals surface area (Å²) in [6.45, 7) is 0. The van der Waals surface area contributed by atoms with Gasteiger partial charge in [-0.05, 0) is 0 Å². The molecule has 0 fully saturated rings. The molecule has 0 amide bonds. The van der Waals surface area contributed by atoms with Crippen molar-refractivity contribution in [1.82, 2.24) is 0 Å². The summed E-state index contributed by atoms with van der Waals surface area (Å²) >= 11 is 4.26. The second-order valence-electron chi connectivity index (χ2n) is 0.618. The fraction of sp³-hybridized carbons (Fsp3) is 0. The van der Waals surface area contributed by atoms with E-state index in [1.807, 2.05) is 0 Å². The molecule has 28 valence electrons. The lowest BCUT2D eigenvalue weighted by Crippen LogP contribution is -2.46. The number of hydrogen-bond acceptors (Lipinski definition) is 1. The Kier molecular flexibility index (Phi) is 1.68. The van der Waals surface area contributed by atoms with Gasteiger partial charge in [-0.25, -0.2) is 0 Å². The number of rotatable bonds is 1. The summed E-state index contributed by atoms with van der Waals surface area (Å²) in [6, 6.07) is 0. The third kappa shape index (κ3) is 3.56. The van der Waals surface area contributed by atoms with E-state index in [9.17, 15) is 0 Å². The molecule has 0 aliphatic rings. The van der Waals surface area contributed by atoms with E-state index in [0.717, 1.165) is 0 Å². The van der Waals surface area contributed by atoms with Crippen molar-refractivity contribution in [1.29, 1.82) is 0 Å². The molecule has 2 nitrogen and oxygen atoms in total. The Morgan fingerprint density at radius 3 is 2.20 bits per heavy atom. The summed E-state index contributed by atoms with van der Waals surface area (Å²) in [4.78, 5) is 0. The van der Waals surface area contributed by atoms with Crippen LogP contribution in [0.3, 0.4) is 0 Å². The van der Waals surface area contributed by atoms with Gasteiger partial charge in [0.15, 0.2) is 0 Å². The molecule has 0 radical (unpaired) electrons. The Morgan fingerprint density at radius 2 is 2.20 bits per heavy atom. The van der Waals surface area contributed by atoms with Crippen LogP contribution in [0.5, 0.6) is 0 Å². The van der Waals surface area contributed by atoms with Crippen molar-refractivity contribution in [2.45, 2.75) is 0 Å². The normalized spacial score (nSPS) is 6.40. The van der Waals surface area contributed by atoms with E-state index in [0.29, 0.717) is 0 Å². The largest absolute Gasteiger partial charge is 0.287 e. The Hall–Kier alpha value is -0.440. The standard InChI is InChI=1S/C2H4N2S/c3-2(4)1-5/h1H,(H3,3,4)/p+1. The molecule has 0 spiro atoms. The zero-order chi connectivity index (χ0) is 4.28. The van der Waals surface area contributed by atoms with Gasteiger partial charge in [0.05, 0.1) is 5.37 Å². The number of hydrogen-bond donors (Lipinski definition) is 2. The molecule has 3 heteroatoms. The minimum absolute atomic E-state index is 0.194. The van der Waals surface area contributed by atoms with Gasteiger partial charge in [-0.1, -0.05) is 12.2 Å². The van der Waals surface area contributed by atoms with Gasteiger partial charge in [-0.3, -0.25) is 11.1 Å². The van der Waals surface area contributed by atoms with E-state index in [1.54, 1.807) is 0 Å². The molecule has 0 saturated heterocycles. The first-order chi connectivity index (χ1) is 2.27. The lowest BCUT2D eigenvalue weighted by molar-refractivity contribution is -0.111.